The minimum atomic E-state index is 0.483. The fourth-order valence-electron chi connectivity index (χ4n) is 2.73. The summed E-state index contributed by atoms with van der Waals surface area (Å²) >= 11 is 0. The summed E-state index contributed by atoms with van der Waals surface area (Å²) < 4.78 is 5.88. The molecule has 0 aromatic rings. The van der Waals surface area contributed by atoms with Gasteiger partial charge < -0.3 is 4.74 Å². The van der Waals surface area contributed by atoms with Crippen LogP contribution in [0.1, 0.15) is 66.2 Å². The molecule has 1 aliphatic rings. The largest absolute Gasteiger partial charge is 0.378 e. The Morgan fingerprint density at radius 3 is 2.53 bits per heavy atom. The summed E-state index contributed by atoms with van der Waals surface area (Å²) in [5.41, 5.74) is 0.483. The van der Waals surface area contributed by atoms with Crippen LogP contribution in [0.3, 0.4) is 0 Å². The highest BCUT2D eigenvalue weighted by Crippen LogP contribution is 2.35. The average Bonchev–Trinajstić information content (AvgIpc) is 2.12. The Labute approximate surface area is 95.6 Å². The quantitative estimate of drug-likeness (QED) is 0.671. The molecular weight excluding hydrogens is 184 g/mol. The molecule has 0 radical (unpaired) electrons. The molecule has 0 aromatic heterocycles. The van der Waals surface area contributed by atoms with Crippen LogP contribution >= 0.6 is 0 Å². The van der Waals surface area contributed by atoms with Crippen LogP contribution in [0.25, 0.3) is 0 Å². The molecule has 0 N–H and O–H groups in total. The van der Waals surface area contributed by atoms with E-state index in [1.807, 2.05) is 0 Å². The number of hydrogen-bond acceptors (Lipinski definition) is 1. The van der Waals surface area contributed by atoms with E-state index in [2.05, 4.69) is 27.7 Å². The second-order valence-corrected chi connectivity index (χ2v) is 6.29. The fourth-order valence-corrected chi connectivity index (χ4v) is 2.73. The third kappa shape index (κ3) is 5.55. The molecule has 15 heavy (non-hydrogen) atoms. The third-order valence-electron chi connectivity index (χ3n) is 3.19. The lowest BCUT2D eigenvalue weighted by Gasteiger charge is -2.33. The Hall–Kier alpha value is -0.0400. The van der Waals surface area contributed by atoms with Crippen LogP contribution < -0.4 is 0 Å². The highest BCUT2D eigenvalue weighted by Gasteiger charge is 2.25. The van der Waals surface area contributed by atoms with Crippen LogP contribution in [0.15, 0.2) is 0 Å². The Morgan fingerprint density at radius 2 is 1.93 bits per heavy atom. The van der Waals surface area contributed by atoms with Gasteiger partial charge in [0.25, 0.3) is 0 Å². The average molecular weight is 212 g/mol. The van der Waals surface area contributed by atoms with Crippen LogP contribution in [0.4, 0.5) is 0 Å². The summed E-state index contributed by atoms with van der Waals surface area (Å²) in [7, 11) is 0. The molecule has 2 atom stereocenters. The molecule has 0 heterocycles. The number of ether oxygens (including phenoxy) is 1. The summed E-state index contributed by atoms with van der Waals surface area (Å²) in [5.74, 6) is 0.903. The van der Waals surface area contributed by atoms with E-state index < -0.39 is 0 Å². The molecule has 0 bridgehead atoms. The van der Waals surface area contributed by atoms with E-state index >= 15 is 0 Å². The maximum atomic E-state index is 5.88. The zero-order chi connectivity index (χ0) is 11.3. The molecule has 1 rings (SSSR count). The van der Waals surface area contributed by atoms with Crippen molar-refractivity contribution in [2.24, 2.45) is 11.3 Å². The Morgan fingerprint density at radius 1 is 1.20 bits per heavy atom. The molecule has 1 heteroatoms. The zero-order valence-corrected chi connectivity index (χ0v) is 11.0. The first-order chi connectivity index (χ1) is 7.01. The molecule has 1 aliphatic carbocycles. The maximum absolute atomic E-state index is 5.88. The first-order valence-corrected chi connectivity index (χ1v) is 6.63. The van der Waals surface area contributed by atoms with Crippen molar-refractivity contribution in [1.82, 2.24) is 0 Å². The standard InChI is InChI=1S/C14H28O/c1-5-9-15-13-8-6-7-12(10-13)11-14(2,3)4/h12-13H,5-11H2,1-4H3. The van der Waals surface area contributed by atoms with E-state index in [-0.39, 0.29) is 0 Å². The monoisotopic (exact) mass is 212 g/mol. The molecule has 2 unspecified atom stereocenters. The second-order valence-electron chi connectivity index (χ2n) is 6.29. The lowest BCUT2D eigenvalue weighted by atomic mass is 9.77. The Kier molecular flexibility index (Phi) is 5.11. The van der Waals surface area contributed by atoms with Crippen molar-refractivity contribution in [2.75, 3.05) is 6.61 Å². The summed E-state index contributed by atoms with van der Waals surface area (Å²) in [4.78, 5) is 0. The van der Waals surface area contributed by atoms with Gasteiger partial charge in [-0.3, -0.25) is 0 Å². The van der Waals surface area contributed by atoms with Gasteiger partial charge in [0.15, 0.2) is 0 Å². The van der Waals surface area contributed by atoms with Crippen LogP contribution in [0.5, 0.6) is 0 Å². The number of hydrogen-bond donors (Lipinski definition) is 0. The van der Waals surface area contributed by atoms with E-state index in [4.69, 9.17) is 4.74 Å². The van der Waals surface area contributed by atoms with Crippen molar-refractivity contribution < 1.29 is 4.74 Å². The maximum Gasteiger partial charge on any atom is 0.0577 e. The van der Waals surface area contributed by atoms with Crippen LogP contribution in [-0.4, -0.2) is 12.7 Å². The van der Waals surface area contributed by atoms with Crippen molar-refractivity contribution in [3.63, 3.8) is 0 Å². The van der Waals surface area contributed by atoms with Gasteiger partial charge in [0.05, 0.1) is 6.10 Å². The van der Waals surface area contributed by atoms with Gasteiger partial charge in [-0.1, -0.05) is 40.5 Å². The van der Waals surface area contributed by atoms with Crippen molar-refractivity contribution in [2.45, 2.75) is 72.3 Å². The molecule has 90 valence electrons. The smallest absolute Gasteiger partial charge is 0.0577 e. The highest BCUT2D eigenvalue weighted by molar-refractivity contribution is 4.77. The van der Waals surface area contributed by atoms with E-state index in [1.165, 1.54) is 32.1 Å². The van der Waals surface area contributed by atoms with E-state index in [1.54, 1.807) is 0 Å². The van der Waals surface area contributed by atoms with Crippen LogP contribution in [0, 0.1) is 11.3 Å². The summed E-state index contributed by atoms with van der Waals surface area (Å²) in [6.07, 6.45) is 8.46. The SMILES string of the molecule is CCCOC1CCCC(CC(C)(C)C)C1. The van der Waals surface area contributed by atoms with Gasteiger partial charge in [-0.05, 0) is 37.0 Å². The van der Waals surface area contributed by atoms with Gasteiger partial charge in [0.1, 0.15) is 0 Å². The number of rotatable bonds is 4. The second kappa shape index (κ2) is 5.89. The predicted octanol–water partition coefficient (Wildman–Crippen LogP) is 4.41. The first-order valence-electron chi connectivity index (χ1n) is 6.63. The van der Waals surface area contributed by atoms with Crippen molar-refractivity contribution in [3.8, 4) is 0 Å². The van der Waals surface area contributed by atoms with E-state index in [0.717, 1.165) is 18.9 Å². The van der Waals surface area contributed by atoms with Crippen LogP contribution in [-0.2, 0) is 4.74 Å². The molecule has 1 nitrogen and oxygen atoms in total. The molecule has 0 aliphatic heterocycles. The molecule has 0 aromatic carbocycles. The van der Waals surface area contributed by atoms with Gasteiger partial charge in [-0.25, -0.2) is 0 Å². The van der Waals surface area contributed by atoms with Gasteiger partial charge in [-0.15, -0.1) is 0 Å². The first kappa shape index (κ1) is 13.0. The molecule has 1 saturated carbocycles. The van der Waals surface area contributed by atoms with Crippen molar-refractivity contribution >= 4 is 0 Å². The third-order valence-corrected chi connectivity index (χ3v) is 3.19. The van der Waals surface area contributed by atoms with E-state index in [9.17, 15) is 0 Å². The molecule has 0 spiro atoms. The van der Waals surface area contributed by atoms with Crippen LogP contribution in [0.2, 0.25) is 0 Å². The minimum absolute atomic E-state index is 0.483. The highest BCUT2D eigenvalue weighted by atomic mass is 16.5. The summed E-state index contributed by atoms with van der Waals surface area (Å²) in [6, 6.07) is 0. The van der Waals surface area contributed by atoms with Crippen molar-refractivity contribution in [1.29, 1.82) is 0 Å². The Balaban J connectivity index is 2.29. The summed E-state index contributed by atoms with van der Waals surface area (Å²) in [6.45, 7) is 10.2. The van der Waals surface area contributed by atoms with Crippen molar-refractivity contribution in [3.05, 3.63) is 0 Å². The molecular formula is C14H28O. The topological polar surface area (TPSA) is 9.23 Å². The molecule has 1 fully saturated rings. The van der Waals surface area contributed by atoms with Gasteiger partial charge in [-0.2, -0.15) is 0 Å². The van der Waals surface area contributed by atoms with Gasteiger partial charge in [0, 0.05) is 6.61 Å². The zero-order valence-electron chi connectivity index (χ0n) is 11.0. The molecule has 0 amide bonds. The predicted molar refractivity (Wildman–Crippen MR) is 66.1 cm³/mol. The minimum Gasteiger partial charge on any atom is -0.378 e. The lowest BCUT2D eigenvalue weighted by Crippen LogP contribution is -2.26. The Bertz CT molecular complexity index is 169. The van der Waals surface area contributed by atoms with Gasteiger partial charge in [0.2, 0.25) is 0 Å². The summed E-state index contributed by atoms with van der Waals surface area (Å²) in [5, 5.41) is 0. The van der Waals surface area contributed by atoms with E-state index in [0.29, 0.717) is 11.5 Å². The molecule has 0 saturated heterocycles. The fraction of sp³-hybridized carbons (Fsp3) is 1.00. The lowest BCUT2D eigenvalue weighted by molar-refractivity contribution is 0.00742. The normalized spacial score (nSPS) is 28.0. The van der Waals surface area contributed by atoms with Gasteiger partial charge >= 0.3 is 0 Å².